The van der Waals surface area contributed by atoms with Crippen LogP contribution in [-0.4, -0.2) is 34.9 Å². The predicted molar refractivity (Wildman–Crippen MR) is 144 cm³/mol. The minimum Gasteiger partial charge on any atom is -0.477 e. The molecule has 1 fully saturated rings. The van der Waals surface area contributed by atoms with Gasteiger partial charge < -0.3 is 9.64 Å². The molecule has 4 atom stereocenters. The van der Waals surface area contributed by atoms with Crippen molar-refractivity contribution in [2.24, 2.45) is 10.4 Å². The number of aliphatic imine (C=N–C) groups is 1. The van der Waals surface area contributed by atoms with E-state index in [4.69, 9.17) is 32.9 Å². The molecule has 0 spiro atoms. The number of benzene rings is 2. The number of carbonyl (C=O) groups is 1. The van der Waals surface area contributed by atoms with Crippen molar-refractivity contribution in [2.75, 3.05) is 6.61 Å². The number of hydrogen-bond donors (Lipinski definition) is 0. The Hall–Kier alpha value is -2.56. The molecule has 184 valence electrons. The highest BCUT2D eigenvalue weighted by atomic mass is 35.5. The molecule has 2 aliphatic rings. The zero-order valence-corrected chi connectivity index (χ0v) is 22.0. The first-order chi connectivity index (χ1) is 16.6. The summed E-state index contributed by atoms with van der Waals surface area (Å²) in [5.74, 6) is 0.511. The molecule has 0 saturated carbocycles. The van der Waals surface area contributed by atoms with E-state index < -0.39 is 11.5 Å². The SMILES string of the molecule is C=CCC1(C)CC(c2cccc(Cl)c2)C(c2ccc(Cl)cc2)N(C(C=C)C2=NC(C)(C)CO2)C1=O. The van der Waals surface area contributed by atoms with Gasteiger partial charge in [0.1, 0.15) is 12.6 Å². The second kappa shape index (κ2) is 9.83. The van der Waals surface area contributed by atoms with Gasteiger partial charge in [-0.1, -0.05) is 66.5 Å². The van der Waals surface area contributed by atoms with Gasteiger partial charge in [-0.25, -0.2) is 4.99 Å². The molecule has 2 aromatic rings. The Morgan fingerprint density at radius 1 is 1.11 bits per heavy atom. The first-order valence-corrected chi connectivity index (χ1v) is 12.6. The van der Waals surface area contributed by atoms with Crippen molar-refractivity contribution in [2.45, 2.75) is 57.2 Å². The van der Waals surface area contributed by atoms with Gasteiger partial charge in [0.25, 0.3) is 0 Å². The zero-order valence-electron chi connectivity index (χ0n) is 20.5. The lowest BCUT2D eigenvalue weighted by Gasteiger charge is -2.51. The van der Waals surface area contributed by atoms with Gasteiger partial charge in [0.05, 0.1) is 17.0 Å². The Labute approximate surface area is 218 Å². The van der Waals surface area contributed by atoms with E-state index in [9.17, 15) is 4.79 Å². The molecule has 2 aromatic carbocycles. The van der Waals surface area contributed by atoms with E-state index in [0.717, 1.165) is 11.1 Å². The fourth-order valence-electron chi connectivity index (χ4n) is 5.29. The van der Waals surface area contributed by atoms with Crippen LogP contribution in [0.3, 0.4) is 0 Å². The molecule has 35 heavy (non-hydrogen) atoms. The fraction of sp³-hybridized carbons (Fsp3) is 0.379. The summed E-state index contributed by atoms with van der Waals surface area (Å²) < 4.78 is 6.04. The molecule has 6 heteroatoms. The summed E-state index contributed by atoms with van der Waals surface area (Å²) in [4.78, 5) is 21.0. The second-order valence-electron chi connectivity index (χ2n) is 10.4. The van der Waals surface area contributed by atoms with E-state index in [0.29, 0.717) is 35.4 Å². The molecule has 0 bridgehead atoms. The Morgan fingerprint density at radius 2 is 1.83 bits per heavy atom. The molecular weight excluding hydrogens is 479 g/mol. The highest BCUT2D eigenvalue weighted by Crippen LogP contribution is 2.52. The van der Waals surface area contributed by atoms with Crippen LogP contribution in [0.5, 0.6) is 0 Å². The number of carbonyl (C=O) groups excluding carboxylic acids is 1. The molecular formula is C29H32Cl2N2O2. The Balaban J connectivity index is 1.93. The summed E-state index contributed by atoms with van der Waals surface area (Å²) in [6, 6.07) is 14.8. The zero-order chi connectivity index (χ0) is 25.4. The topological polar surface area (TPSA) is 41.9 Å². The maximum absolute atomic E-state index is 14.3. The highest BCUT2D eigenvalue weighted by Gasteiger charge is 2.52. The molecule has 0 radical (unpaired) electrons. The standard InChI is InChI=1S/C29H32Cl2N2O2/c1-6-15-29(5)17-23(20-9-8-10-22(31)16-20)25(19-11-13-21(30)14-12-19)33(27(29)34)24(7-2)26-32-28(3,4)18-35-26/h6-14,16,23-25H,1-2,15,17-18H2,3-5H3. The first kappa shape index (κ1) is 25.5. The minimum absolute atomic E-state index is 0.0246. The molecule has 2 aliphatic heterocycles. The van der Waals surface area contributed by atoms with Crippen LogP contribution in [0.15, 0.2) is 78.8 Å². The van der Waals surface area contributed by atoms with Crippen molar-refractivity contribution in [3.05, 3.63) is 95.0 Å². The minimum atomic E-state index is -0.659. The van der Waals surface area contributed by atoms with Crippen molar-refractivity contribution in [1.29, 1.82) is 0 Å². The molecule has 1 amide bonds. The maximum Gasteiger partial charge on any atom is 0.230 e. The van der Waals surface area contributed by atoms with Crippen molar-refractivity contribution in [3.8, 4) is 0 Å². The summed E-state index contributed by atoms with van der Waals surface area (Å²) in [5.41, 5.74) is 1.04. The van der Waals surface area contributed by atoms with E-state index in [1.165, 1.54) is 0 Å². The van der Waals surface area contributed by atoms with Crippen LogP contribution in [0.4, 0.5) is 0 Å². The van der Waals surface area contributed by atoms with Gasteiger partial charge in [0.15, 0.2) is 0 Å². The fourth-order valence-corrected chi connectivity index (χ4v) is 5.62. The Bertz CT molecular complexity index is 1160. The molecule has 4 rings (SSSR count). The third kappa shape index (κ3) is 5.05. The van der Waals surface area contributed by atoms with Crippen molar-refractivity contribution < 1.29 is 9.53 Å². The summed E-state index contributed by atoms with van der Waals surface area (Å²) in [6.45, 7) is 14.6. The third-order valence-corrected chi connectivity index (χ3v) is 7.43. The smallest absolute Gasteiger partial charge is 0.230 e. The van der Waals surface area contributed by atoms with Gasteiger partial charge in [-0.15, -0.1) is 13.2 Å². The van der Waals surface area contributed by atoms with E-state index >= 15 is 0 Å². The van der Waals surface area contributed by atoms with Crippen LogP contribution in [0.1, 0.15) is 56.7 Å². The summed E-state index contributed by atoms with van der Waals surface area (Å²) in [7, 11) is 0. The van der Waals surface area contributed by atoms with Crippen molar-refractivity contribution in [1.82, 2.24) is 4.90 Å². The number of amides is 1. The van der Waals surface area contributed by atoms with Crippen LogP contribution in [0, 0.1) is 5.41 Å². The average molecular weight is 511 g/mol. The summed E-state index contributed by atoms with van der Waals surface area (Å²) in [5, 5.41) is 1.31. The van der Waals surface area contributed by atoms with Crippen LogP contribution in [-0.2, 0) is 9.53 Å². The van der Waals surface area contributed by atoms with E-state index in [1.807, 2.05) is 74.2 Å². The van der Waals surface area contributed by atoms with Crippen LogP contribution in [0.25, 0.3) is 0 Å². The molecule has 4 nitrogen and oxygen atoms in total. The van der Waals surface area contributed by atoms with Gasteiger partial charge in [0.2, 0.25) is 11.8 Å². The highest BCUT2D eigenvalue weighted by molar-refractivity contribution is 6.30. The number of nitrogens with zero attached hydrogens (tertiary/aromatic N) is 2. The molecule has 0 aromatic heterocycles. The number of piperidine rings is 1. The van der Waals surface area contributed by atoms with Gasteiger partial charge in [-0.2, -0.15) is 0 Å². The largest absolute Gasteiger partial charge is 0.477 e. The van der Waals surface area contributed by atoms with Crippen molar-refractivity contribution >= 4 is 35.0 Å². The lowest BCUT2D eigenvalue weighted by molar-refractivity contribution is -0.151. The summed E-state index contributed by atoms with van der Waals surface area (Å²) >= 11 is 12.7. The normalized spacial score (nSPS) is 26.6. The molecule has 0 aliphatic carbocycles. The molecule has 0 N–H and O–H groups in total. The number of ether oxygens (including phenoxy) is 1. The van der Waals surface area contributed by atoms with Crippen molar-refractivity contribution in [3.63, 3.8) is 0 Å². The Morgan fingerprint density at radius 3 is 2.40 bits per heavy atom. The van der Waals surface area contributed by atoms with Gasteiger partial charge in [0, 0.05) is 16.0 Å². The second-order valence-corrected chi connectivity index (χ2v) is 11.2. The van der Waals surface area contributed by atoms with E-state index in [2.05, 4.69) is 19.2 Å². The van der Waals surface area contributed by atoms with Crippen LogP contribution < -0.4 is 0 Å². The lowest BCUT2D eigenvalue weighted by Crippen LogP contribution is -2.57. The molecule has 1 saturated heterocycles. The average Bonchev–Trinajstić information content (AvgIpc) is 3.17. The number of halogens is 2. The summed E-state index contributed by atoms with van der Waals surface area (Å²) in [6.07, 6.45) is 4.78. The monoisotopic (exact) mass is 510 g/mol. The van der Waals surface area contributed by atoms with Gasteiger partial charge in [-0.05, 0) is 62.1 Å². The van der Waals surface area contributed by atoms with Crippen LogP contribution in [0.2, 0.25) is 10.0 Å². The number of rotatable bonds is 7. The number of allylic oxidation sites excluding steroid dienone is 1. The first-order valence-electron chi connectivity index (χ1n) is 11.9. The van der Waals surface area contributed by atoms with E-state index in [1.54, 1.807) is 6.08 Å². The number of hydrogen-bond acceptors (Lipinski definition) is 3. The molecule has 4 unspecified atom stereocenters. The molecule has 2 heterocycles. The third-order valence-electron chi connectivity index (χ3n) is 6.95. The maximum atomic E-state index is 14.3. The van der Waals surface area contributed by atoms with Crippen LogP contribution >= 0.6 is 23.2 Å². The van der Waals surface area contributed by atoms with Gasteiger partial charge in [-0.3, -0.25) is 4.79 Å². The van der Waals surface area contributed by atoms with E-state index in [-0.39, 0.29) is 23.4 Å². The lowest BCUT2D eigenvalue weighted by atomic mass is 9.67. The number of likely N-dealkylation sites (tertiary alicyclic amines) is 1. The Kier molecular flexibility index (Phi) is 7.17. The van der Waals surface area contributed by atoms with Gasteiger partial charge >= 0.3 is 0 Å². The quantitative estimate of drug-likeness (QED) is 0.364. The predicted octanol–water partition coefficient (Wildman–Crippen LogP) is 7.39.